The van der Waals surface area contributed by atoms with Crippen LogP contribution in [0.5, 0.6) is 0 Å². The molecule has 0 bridgehead atoms. The monoisotopic (exact) mass is 235 g/mol. The van der Waals surface area contributed by atoms with Crippen LogP contribution in [0.15, 0.2) is 30.9 Å². The smallest absolute Gasteiger partial charge is 0.106 e. The quantitative estimate of drug-likeness (QED) is 0.789. The van der Waals surface area contributed by atoms with Gasteiger partial charge in [0, 0.05) is 25.5 Å². The van der Waals surface area contributed by atoms with Crippen LogP contribution in [0.4, 0.5) is 5.69 Å². The summed E-state index contributed by atoms with van der Waals surface area (Å²) in [5.41, 5.74) is 1.03. The molecule has 5 nitrogen and oxygen atoms in total. The first kappa shape index (κ1) is 9.59. The molecule has 6 heteroatoms. The van der Waals surface area contributed by atoms with E-state index in [4.69, 9.17) is 11.6 Å². The zero-order chi connectivity index (χ0) is 11.0. The Balaban J connectivity index is 1.72. The minimum Gasteiger partial charge on any atom is -0.366 e. The van der Waals surface area contributed by atoms with Crippen molar-refractivity contribution in [2.75, 3.05) is 18.0 Å². The van der Waals surface area contributed by atoms with Gasteiger partial charge in [0.2, 0.25) is 0 Å². The summed E-state index contributed by atoms with van der Waals surface area (Å²) in [5.74, 6) is 0. The minimum absolute atomic E-state index is 0.347. The molecule has 0 amide bonds. The number of aromatic nitrogens is 4. The molecule has 0 radical (unpaired) electrons. The Bertz CT molecular complexity index is 478. The van der Waals surface area contributed by atoms with E-state index in [0.29, 0.717) is 11.1 Å². The molecule has 3 heterocycles. The largest absolute Gasteiger partial charge is 0.366 e. The summed E-state index contributed by atoms with van der Waals surface area (Å²) < 4.78 is 0. The van der Waals surface area contributed by atoms with E-state index in [1.807, 2.05) is 6.07 Å². The lowest BCUT2D eigenvalue weighted by molar-refractivity contribution is 0.332. The van der Waals surface area contributed by atoms with Crippen LogP contribution >= 0.6 is 11.6 Å². The molecule has 0 atom stereocenters. The second-order valence-corrected chi connectivity index (χ2v) is 4.14. The lowest BCUT2D eigenvalue weighted by Gasteiger charge is -2.40. The maximum Gasteiger partial charge on any atom is 0.106 e. The predicted molar refractivity (Wildman–Crippen MR) is 60.5 cm³/mol. The second kappa shape index (κ2) is 3.75. The van der Waals surface area contributed by atoms with Crippen LogP contribution in [0.25, 0.3) is 0 Å². The van der Waals surface area contributed by atoms with Gasteiger partial charge in [-0.3, -0.25) is 4.98 Å². The van der Waals surface area contributed by atoms with Gasteiger partial charge < -0.3 is 4.90 Å². The summed E-state index contributed by atoms with van der Waals surface area (Å²) in [5, 5.41) is 8.93. The molecule has 1 fully saturated rings. The van der Waals surface area contributed by atoms with Crippen molar-refractivity contribution in [1.82, 2.24) is 20.0 Å². The SMILES string of the molecule is Clc1cnccc1N1CC(n2nccn2)C1. The average molecular weight is 236 g/mol. The maximum atomic E-state index is 6.06. The van der Waals surface area contributed by atoms with Crippen molar-refractivity contribution in [1.29, 1.82) is 0 Å². The highest BCUT2D eigenvalue weighted by molar-refractivity contribution is 6.33. The van der Waals surface area contributed by atoms with Gasteiger partial charge in [0.15, 0.2) is 0 Å². The van der Waals surface area contributed by atoms with Gasteiger partial charge in [-0.1, -0.05) is 11.6 Å². The van der Waals surface area contributed by atoms with Crippen LogP contribution < -0.4 is 4.90 Å². The van der Waals surface area contributed by atoms with Gasteiger partial charge >= 0.3 is 0 Å². The van der Waals surface area contributed by atoms with Crippen LogP contribution in [0.2, 0.25) is 5.02 Å². The van der Waals surface area contributed by atoms with E-state index in [0.717, 1.165) is 18.8 Å². The summed E-state index contributed by atoms with van der Waals surface area (Å²) >= 11 is 6.06. The van der Waals surface area contributed by atoms with E-state index in [-0.39, 0.29) is 0 Å². The first-order valence-electron chi connectivity index (χ1n) is 5.05. The summed E-state index contributed by atoms with van der Waals surface area (Å²) in [6.07, 6.45) is 6.81. The average Bonchev–Trinajstić information content (AvgIpc) is 2.72. The highest BCUT2D eigenvalue weighted by Gasteiger charge is 2.30. The molecular weight excluding hydrogens is 226 g/mol. The predicted octanol–water partition coefficient (Wildman–Crippen LogP) is 1.39. The van der Waals surface area contributed by atoms with Crippen molar-refractivity contribution in [2.45, 2.75) is 6.04 Å². The first-order valence-corrected chi connectivity index (χ1v) is 5.42. The van der Waals surface area contributed by atoms with Crippen molar-refractivity contribution in [2.24, 2.45) is 0 Å². The van der Waals surface area contributed by atoms with E-state index < -0.39 is 0 Å². The molecule has 1 aliphatic rings. The lowest BCUT2D eigenvalue weighted by atomic mass is 10.1. The van der Waals surface area contributed by atoms with Gasteiger partial charge in [-0.15, -0.1) is 0 Å². The topological polar surface area (TPSA) is 46.8 Å². The fourth-order valence-corrected chi connectivity index (χ4v) is 2.08. The maximum absolute atomic E-state index is 6.06. The molecule has 2 aromatic heterocycles. The Morgan fingerprint density at radius 2 is 1.94 bits per heavy atom. The second-order valence-electron chi connectivity index (χ2n) is 3.74. The molecule has 0 N–H and O–H groups in total. The molecule has 0 aliphatic carbocycles. The van der Waals surface area contributed by atoms with Crippen LogP contribution in [0.3, 0.4) is 0 Å². The molecule has 0 aromatic carbocycles. The van der Waals surface area contributed by atoms with E-state index in [1.165, 1.54) is 0 Å². The van der Waals surface area contributed by atoms with Crippen LogP contribution in [-0.4, -0.2) is 33.1 Å². The fourth-order valence-electron chi connectivity index (χ4n) is 1.84. The Morgan fingerprint density at radius 1 is 1.19 bits per heavy atom. The third-order valence-electron chi connectivity index (χ3n) is 2.72. The fraction of sp³-hybridized carbons (Fsp3) is 0.300. The molecule has 3 rings (SSSR count). The van der Waals surface area contributed by atoms with Crippen molar-refractivity contribution in [3.05, 3.63) is 35.9 Å². The number of halogens is 1. The zero-order valence-corrected chi connectivity index (χ0v) is 9.25. The van der Waals surface area contributed by atoms with E-state index in [9.17, 15) is 0 Å². The van der Waals surface area contributed by atoms with Gasteiger partial charge in [-0.25, -0.2) is 0 Å². The summed E-state index contributed by atoms with van der Waals surface area (Å²) in [6.45, 7) is 1.77. The standard InChI is InChI=1S/C10H10ClN5/c11-9-5-12-2-1-10(9)15-6-8(7-15)16-13-3-4-14-16/h1-5,8H,6-7H2. The highest BCUT2D eigenvalue weighted by atomic mass is 35.5. The van der Waals surface area contributed by atoms with Crippen molar-refractivity contribution < 1.29 is 0 Å². The summed E-state index contributed by atoms with van der Waals surface area (Å²) in [6, 6.07) is 2.27. The normalized spacial score (nSPS) is 16.2. The van der Waals surface area contributed by atoms with Crippen LogP contribution in [-0.2, 0) is 0 Å². The number of nitrogens with zero attached hydrogens (tertiary/aromatic N) is 5. The molecule has 0 unspecified atom stereocenters. The first-order chi connectivity index (χ1) is 7.84. The zero-order valence-electron chi connectivity index (χ0n) is 8.49. The third kappa shape index (κ3) is 1.53. The summed E-state index contributed by atoms with van der Waals surface area (Å²) in [7, 11) is 0. The minimum atomic E-state index is 0.347. The lowest BCUT2D eigenvalue weighted by Crippen LogP contribution is -2.48. The van der Waals surface area contributed by atoms with Gasteiger partial charge in [0.25, 0.3) is 0 Å². The number of hydrogen-bond donors (Lipinski definition) is 0. The number of hydrogen-bond acceptors (Lipinski definition) is 4. The summed E-state index contributed by atoms with van der Waals surface area (Å²) in [4.78, 5) is 7.90. The van der Waals surface area contributed by atoms with Gasteiger partial charge in [-0.05, 0) is 6.07 Å². The molecule has 0 saturated carbocycles. The van der Waals surface area contributed by atoms with Crippen molar-refractivity contribution in [3.63, 3.8) is 0 Å². The van der Waals surface area contributed by atoms with Gasteiger partial charge in [0.05, 0.1) is 23.1 Å². The Hall–Kier alpha value is -1.62. The van der Waals surface area contributed by atoms with Crippen LogP contribution in [0, 0.1) is 0 Å². The third-order valence-corrected chi connectivity index (χ3v) is 3.01. The molecule has 82 valence electrons. The van der Waals surface area contributed by atoms with Gasteiger partial charge in [0.1, 0.15) is 6.04 Å². The molecule has 2 aromatic rings. The number of pyridine rings is 1. The molecule has 1 saturated heterocycles. The number of rotatable bonds is 2. The molecule has 16 heavy (non-hydrogen) atoms. The highest BCUT2D eigenvalue weighted by Crippen LogP contribution is 2.31. The Labute approximate surface area is 97.7 Å². The van der Waals surface area contributed by atoms with Crippen molar-refractivity contribution >= 4 is 17.3 Å². The molecular formula is C10H10ClN5. The van der Waals surface area contributed by atoms with E-state index >= 15 is 0 Å². The Kier molecular flexibility index (Phi) is 2.25. The van der Waals surface area contributed by atoms with E-state index in [1.54, 1.807) is 29.6 Å². The Morgan fingerprint density at radius 3 is 2.62 bits per heavy atom. The van der Waals surface area contributed by atoms with Crippen molar-refractivity contribution in [3.8, 4) is 0 Å². The van der Waals surface area contributed by atoms with E-state index in [2.05, 4.69) is 20.1 Å². The van der Waals surface area contributed by atoms with Gasteiger partial charge in [-0.2, -0.15) is 15.0 Å². The molecule has 0 spiro atoms. The molecule has 1 aliphatic heterocycles. The number of anilines is 1. The van der Waals surface area contributed by atoms with Crippen LogP contribution in [0.1, 0.15) is 6.04 Å².